The average molecular weight is 321 g/mol. The summed E-state index contributed by atoms with van der Waals surface area (Å²) in [6.07, 6.45) is 2.77. The van der Waals surface area contributed by atoms with Crippen LogP contribution in [0.3, 0.4) is 0 Å². The van der Waals surface area contributed by atoms with E-state index in [4.69, 9.17) is 9.26 Å². The third-order valence-corrected chi connectivity index (χ3v) is 4.08. The van der Waals surface area contributed by atoms with E-state index in [-0.39, 0.29) is 11.8 Å². The van der Waals surface area contributed by atoms with Crippen LogP contribution in [-0.2, 0) is 4.79 Å². The van der Waals surface area contributed by atoms with Crippen molar-refractivity contribution in [3.63, 3.8) is 0 Å². The fourth-order valence-electron chi connectivity index (χ4n) is 2.82. The van der Waals surface area contributed by atoms with E-state index in [1.165, 1.54) is 0 Å². The van der Waals surface area contributed by atoms with E-state index in [0.717, 1.165) is 16.9 Å². The first-order valence-electron chi connectivity index (χ1n) is 7.66. The van der Waals surface area contributed by atoms with E-state index in [9.17, 15) is 4.79 Å². The minimum absolute atomic E-state index is 0.0223. The van der Waals surface area contributed by atoms with Gasteiger partial charge in [0.2, 0.25) is 0 Å². The predicted octanol–water partition coefficient (Wildman–Crippen LogP) is 3.24. The molecule has 0 aliphatic carbocycles. The second kappa shape index (κ2) is 5.81. The molecule has 1 aliphatic rings. The van der Waals surface area contributed by atoms with E-state index in [2.05, 4.69) is 15.5 Å². The van der Waals surface area contributed by atoms with Crippen LogP contribution in [0.25, 0.3) is 11.3 Å². The van der Waals surface area contributed by atoms with Gasteiger partial charge in [0.15, 0.2) is 17.7 Å². The van der Waals surface area contributed by atoms with Gasteiger partial charge in [0.1, 0.15) is 5.75 Å². The molecule has 0 saturated carbocycles. The largest absolute Gasteiger partial charge is 0.480 e. The van der Waals surface area contributed by atoms with Gasteiger partial charge in [-0.2, -0.15) is 0 Å². The number of aromatic nitrogens is 2. The molecule has 1 aromatic carbocycles. The molecule has 120 valence electrons. The lowest BCUT2D eigenvalue weighted by atomic mass is 9.97. The predicted molar refractivity (Wildman–Crippen MR) is 87.6 cm³/mol. The number of carbonyl (C=O) groups is 1. The molecule has 0 unspecified atom stereocenters. The molecule has 0 fully saturated rings. The quantitative estimate of drug-likeness (QED) is 0.801. The van der Waals surface area contributed by atoms with E-state index >= 15 is 0 Å². The highest BCUT2D eigenvalue weighted by molar-refractivity contribution is 5.95. The topological polar surface area (TPSA) is 77.2 Å². The van der Waals surface area contributed by atoms with Crippen molar-refractivity contribution in [2.24, 2.45) is 0 Å². The van der Waals surface area contributed by atoms with E-state index in [0.29, 0.717) is 11.6 Å². The van der Waals surface area contributed by atoms with Gasteiger partial charge in [-0.3, -0.25) is 9.78 Å². The van der Waals surface area contributed by atoms with Gasteiger partial charge in [-0.15, -0.1) is 0 Å². The molecule has 0 bridgehead atoms. The van der Waals surface area contributed by atoms with Gasteiger partial charge in [0, 0.05) is 35.5 Å². The molecule has 2 aromatic heterocycles. The number of hydrogen-bond donors (Lipinski definition) is 1. The zero-order chi connectivity index (χ0) is 16.5. The minimum atomic E-state index is -0.582. The zero-order valence-electron chi connectivity index (χ0n) is 13.0. The highest BCUT2D eigenvalue weighted by Gasteiger charge is 2.36. The maximum Gasteiger partial charge on any atom is 0.267 e. The van der Waals surface area contributed by atoms with Crippen LogP contribution in [-0.4, -0.2) is 22.2 Å². The summed E-state index contributed by atoms with van der Waals surface area (Å²) < 4.78 is 11.0. The second-order valence-electron chi connectivity index (χ2n) is 5.67. The van der Waals surface area contributed by atoms with Gasteiger partial charge in [0.05, 0.1) is 0 Å². The number of benzene rings is 1. The van der Waals surface area contributed by atoms with Gasteiger partial charge in [0.25, 0.3) is 5.91 Å². The Morgan fingerprint density at radius 2 is 2.08 bits per heavy atom. The third-order valence-electron chi connectivity index (χ3n) is 4.08. The molecule has 6 nitrogen and oxygen atoms in total. The minimum Gasteiger partial charge on any atom is -0.480 e. The molecule has 3 aromatic rings. The van der Waals surface area contributed by atoms with Crippen LogP contribution in [0.2, 0.25) is 0 Å². The standard InChI is InChI=1S/C18H15N3O3/c1-11-13-6-2-3-7-14(13)23-17(11)18(22)20-16-9-15(24-21-16)12-5-4-8-19-10-12/h2-11,17H,1H3,(H,20,21,22)/t11-,17+/m1/s1. The number of nitrogens with zero attached hydrogens (tertiary/aromatic N) is 2. The summed E-state index contributed by atoms with van der Waals surface area (Å²) in [6, 6.07) is 13.0. The normalized spacial score (nSPS) is 18.7. The van der Waals surface area contributed by atoms with Crippen LogP contribution in [0.15, 0.2) is 59.4 Å². The summed E-state index contributed by atoms with van der Waals surface area (Å²) >= 11 is 0. The molecule has 24 heavy (non-hydrogen) atoms. The van der Waals surface area contributed by atoms with Crippen molar-refractivity contribution < 1.29 is 14.1 Å². The lowest BCUT2D eigenvalue weighted by Gasteiger charge is -2.13. The summed E-state index contributed by atoms with van der Waals surface area (Å²) in [5.74, 6) is 1.38. The van der Waals surface area contributed by atoms with Crippen molar-refractivity contribution in [3.05, 3.63) is 60.4 Å². The molecule has 1 N–H and O–H groups in total. The highest BCUT2D eigenvalue weighted by atomic mass is 16.5. The zero-order valence-corrected chi connectivity index (χ0v) is 13.0. The Morgan fingerprint density at radius 3 is 2.88 bits per heavy atom. The lowest BCUT2D eigenvalue weighted by molar-refractivity contribution is -0.122. The summed E-state index contributed by atoms with van der Waals surface area (Å²) in [5, 5.41) is 6.64. The summed E-state index contributed by atoms with van der Waals surface area (Å²) in [4.78, 5) is 16.5. The molecule has 0 radical (unpaired) electrons. The first kappa shape index (κ1) is 14.4. The summed E-state index contributed by atoms with van der Waals surface area (Å²) in [6.45, 7) is 1.97. The van der Waals surface area contributed by atoms with Crippen molar-refractivity contribution in [2.45, 2.75) is 18.9 Å². The number of rotatable bonds is 3. The van der Waals surface area contributed by atoms with Gasteiger partial charge in [-0.1, -0.05) is 30.3 Å². The Balaban J connectivity index is 1.49. The maximum atomic E-state index is 12.5. The third kappa shape index (κ3) is 2.52. The maximum absolute atomic E-state index is 12.5. The van der Waals surface area contributed by atoms with Crippen molar-refractivity contribution in [2.75, 3.05) is 5.32 Å². The fraction of sp³-hybridized carbons (Fsp3) is 0.167. The molecule has 1 amide bonds. The molecule has 0 spiro atoms. The van der Waals surface area contributed by atoms with E-state index in [1.54, 1.807) is 24.5 Å². The number of pyridine rings is 1. The molecule has 2 atom stereocenters. The molecule has 1 aliphatic heterocycles. The Labute approximate surface area is 138 Å². The van der Waals surface area contributed by atoms with Crippen LogP contribution in [0.4, 0.5) is 5.82 Å². The molecule has 3 heterocycles. The number of hydrogen-bond acceptors (Lipinski definition) is 5. The van der Waals surface area contributed by atoms with E-state index in [1.807, 2.05) is 37.3 Å². The number of fused-ring (bicyclic) bond motifs is 1. The smallest absolute Gasteiger partial charge is 0.267 e. The summed E-state index contributed by atoms with van der Waals surface area (Å²) in [7, 11) is 0. The van der Waals surface area contributed by atoms with Gasteiger partial charge in [-0.05, 0) is 18.2 Å². The van der Waals surface area contributed by atoms with Crippen LogP contribution in [0, 0.1) is 0 Å². The Bertz CT molecular complexity index is 876. The Morgan fingerprint density at radius 1 is 1.21 bits per heavy atom. The van der Waals surface area contributed by atoms with Crippen molar-refractivity contribution >= 4 is 11.7 Å². The molecule has 0 saturated heterocycles. The number of carbonyl (C=O) groups excluding carboxylic acids is 1. The fourth-order valence-corrected chi connectivity index (χ4v) is 2.82. The lowest BCUT2D eigenvalue weighted by Crippen LogP contribution is -2.33. The van der Waals surface area contributed by atoms with Gasteiger partial charge >= 0.3 is 0 Å². The van der Waals surface area contributed by atoms with Crippen LogP contribution in [0.1, 0.15) is 18.4 Å². The first-order chi connectivity index (χ1) is 11.7. The number of nitrogens with one attached hydrogen (secondary N) is 1. The Hall–Kier alpha value is -3.15. The molecular formula is C18H15N3O3. The number of anilines is 1. The number of ether oxygens (including phenoxy) is 1. The SMILES string of the molecule is C[C@@H]1c2ccccc2O[C@@H]1C(=O)Nc1cc(-c2cccnc2)on1. The number of amides is 1. The van der Waals surface area contributed by atoms with Crippen LogP contribution < -0.4 is 10.1 Å². The highest BCUT2D eigenvalue weighted by Crippen LogP contribution is 2.38. The molecule has 4 rings (SSSR count). The molecule has 6 heteroatoms. The van der Waals surface area contributed by atoms with Gasteiger partial charge < -0.3 is 14.6 Å². The van der Waals surface area contributed by atoms with Gasteiger partial charge in [-0.25, -0.2) is 0 Å². The van der Waals surface area contributed by atoms with Crippen molar-refractivity contribution in [1.82, 2.24) is 10.1 Å². The molecular weight excluding hydrogens is 306 g/mol. The summed E-state index contributed by atoms with van der Waals surface area (Å²) in [5.41, 5.74) is 1.83. The van der Waals surface area contributed by atoms with Crippen LogP contribution >= 0.6 is 0 Å². The van der Waals surface area contributed by atoms with E-state index < -0.39 is 6.10 Å². The number of para-hydroxylation sites is 1. The first-order valence-corrected chi connectivity index (χ1v) is 7.66. The Kier molecular flexibility index (Phi) is 3.49. The van der Waals surface area contributed by atoms with Crippen LogP contribution in [0.5, 0.6) is 5.75 Å². The average Bonchev–Trinajstić information content (AvgIpc) is 3.21. The monoisotopic (exact) mass is 321 g/mol. The van der Waals surface area contributed by atoms with Crippen molar-refractivity contribution in [1.29, 1.82) is 0 Å². The second-order valence-corrected chi connectivity index (χ2v) is 5.67. The van der Waals surface area contributed by atoms with Crippen molar-refractivity contribution in [3.8, 4) is 17.1 Å².